The zero-order chi connectivity index (χ0) is 19.2. The average Bonchev–Trinajstić information content (AvgIpc) is 3.24. The van der Waals surface area contributed by atoms with Gasteiger partial charge in [-0.1, -0.05) is 20.8 Å². The molecule has 2 saturated heterocycles. The first kappa shape index (κ1) is 17.9. The Hall–Kier alpha value is -2.44. The Morgan fingerprint density at radius 3 is 2.74 bits per heavy atom. The highest BCUT2D eigenvalue weighted by molar-refractivity contribution is 5.98. The van der Waals surface area contributed by atoms with E-state index in [4.69, 9.17) is 0 Å². The molecule has 2 aliphatic rings. The van der Waals surface area contributed by atoms with Crippen LogP contribution in [-0.4, -0.2) is 63.2 Å². The van der Waals surface area contributed by atoms with E-state index in [-0.39, 0.29) is 17.2 Å². The fourth-order valence-corrected chi connectivity index (χ4v) is 4.46. The smallest absolute Gasteiger partial charge is 0.253 e. The lowest BCUT2D eigenvalue weighted by atomic mass is 9.77. The Labute approximate surface area is 159 Å². The molecule has 0 bridgehead atoms. The number of carbonyl (C=O) groups excluding carboxylic acids is 2. The largest absolute Gasteiger partial charge is 0.342 e. The van der Waals surface area contributed by atoms with Crippen molar-refractivity contribution >= 4 is 22.8 Å². The lowest BCUT2D eigenvalue weighted by molar-refractivity contribution is -0.146. The van der Waals surface area contributed by atoms with Gasteiger partial charge < -0.3 is 9.80 Å². The fourth-order valence-electron chi connectivity index (χ4n) is 4.46. The second kappa shape index (κ2) is 6.32. The highest BCUT2D eigenvalue weighted by Gasteiger charge is 2.49. The van der Waals surface area contributed by atoms with Gasteiger partial charge in [-0.15, -0.1) is 0 Å². The Kier molecular flexibility index (Phi) is 4.20. The number of aromatic amines is 1. The molecule has 27 heavy (non-hydrogen) atoms. The van der Waals surface area contributed by atoms with Crippen molar-refractivity contribution < 1.29 is 9.59 Å². The van der Waals surface area contributed by atoms with E-state index < -0.39 is 5.41 Å². The van der Waals surface area contributed by atoms with E-state index in [2.05, 4.69) is 36.2 Å². The normalized spacial score (nSPS) is 23.6. The van der Waals surface area contributed by atoms with Crippen LogP contribution in [0.4, 0.5) is 0 Å². The number of hydrogen-bond acceptors (Lipinski definition) is 4. The minimum atomic E-state index is -0.406. The van der Waals surface area contributed by atoms with Gasteiger partial charge in [0.25, 0.3) is 5.91 Å². The Balaban J connectivity index is 1.51. The summed E-state index contributed by atoms with van der Waals surface area (Å²) in [4.78, 5) is 30.1. The number of nitrogens with one attached hydrogen (secondary N) is 1. The van der Waals surface area contributed by atoms with E-state index in [1.807, 2.05) is 9.80 Å². The third kappa shape index (κ3) is 3.31. The summed E-state index contributed by atoms with van der Waals surface area (Å²) in [6, 6.07) is 5.35. The fraction of sp³-hybridized carbons (Fsp3) is 0.600. The SMILES string of the molecule is CC(C)(C)CN1CCC[C@]2(CCN(C(=O)c3ccc4n[nH]nc4c3)C2)C1=O. The van der Waals surface area contributed by atoms with Crippen molar-refractivity contribution in [2.24, 2.45) is 10.8 Å². The molecule has 2 aliphatic heterocycles. The van der Waals surface area contributed by atoms with Crippen LogP contribution in [-0.2, 0) is 4.79 Å². The molecule has 1 N–H and O–H groups in total. The van der Waals surface area contributed by atoms with Gasteiger partial charge in [0.15, 0.2) is 0 Å². The van der Waals surface area contributed by atoms with Crippen LogP contribution in [0.3, 0.4) is 0 Å². The van der Waals surface area contributed by atoms with E-state index >= 15 is 0 Å². The predicted octanol–water partition coefficient (Wildman–Crippen LogP) is 2.46. The molecule has 2 fully saturated rings. The van der Waals surface area contributed by atoms with E-state index in [0.717, 1.165) is 37.9 Å². The highest BCUT2D eigenvalue weighted by Crippen LogP contribution is 2.41. The highest BCUT2D eigenvalue weighted by atomic mass is 16.2. The lowest BCUT2D eigenvalue weighted by Gasteiger charge is -2.41. The van der Waals surface area contributed by atoms with Crippen molar-refractivity contribution in [2.75, 3.05) is 26.2 Å². The van der Waals surface area contributed by atoms with Crippen LogP contribution < -0.4 is 0 Å². The number of likely N-dealkylation sites (tertiary alicyclic amines) is 2. The van der Waals surface area contributed by atoms with Crippen molar-refractivity contribution in [1.29, 1.82) is 0 Å². The minimum absolute atomic E-state index is 0.0301. The maximum Gasteiger partial charge on any atom is 0.253 e. The van der Waals surface area contributed by atoms with Crippen molar-refractivity contribution in [2.45, 2.75) is 40.0 Å². The molecular weight excluding hydrogens is 342 g/mol. The van der Waals surface area contributed by atoms with Crippen LogP contribution in [0.15, 0.2) is 18.2 Å². The molecule has 1 spiro atoms. The minimum Gasteiger partial charge on any atom is -0.342 e. The Morgan fingerprint density at radius 1 is 1.19 bits per heavy atom. The maximum atomic E-state index is 13.2. The summed E-state index contributed by atoms with van der Waals surface area (Å²) in [5, 5.41) is 10.7. The van der Waals surface area contributed by atoms with Gasteiger partial charge in [0.1, 0.15) is 11.0 Å². The first-order valence-electron chi connectivity index (χ1n) is 9.67. The Bertz CT molecular complexity index is 884. The van der Waals surface area contributed by atoms with Gasteiger partial charge in [-0.3, -0.25) is 9.59 Å². The topological polar surface area (TPSA) is 82.2 Å². The molecule has 1 aromatic heterocycles. The van der Waals surface area contributed by atoms with E-state index in [1.165, 1.54) is 0 Å². The zero-order valence-corrected chi connectivity index (χ0v) is 16.3. The molecular formula is C20H27N5O2. The van der Waals surface area contributed by atoms with Gasteiger partial charge in [-0.05, 0) is 42.9 Å². The number of H-pyrrole nitrogens is 1. The van der Waals surface area contributed by atoms with Crippen molar-refractivity contribution in [3.8, 4) is 0 Å². The molecule has 1 atom stereocenters. The summed E-state index contributed by atoms with van der Waals surface area (Å²) < 4.78 is 0. The first-order valence-corrected chi connectivity index (χ1v) is 9.67. The molecule has 2 amide bonds. The van der Waals surface area contributed by atoms with Crippen molar-refractivity contribution in [3.05, 3.63) is 23.8 Å². The second-order valence-corrected chi connectivity index (χ2v) is 9.18. The second-order valence-electron chi connectivity index (χ2n) is 9.18. The van der Waals surface area contributed by atoms with Gasteiger partial charge in [-0.2, -0.15) is 15.4 Å². The molecule has 0 aliphatic carbocycles. The van der Waals surface area contributed by atoms with Crippen LogP contribution in [0, 0.1) is 10.8 Å². The van der Waals surface area contributed by atoms with Gasteiger partial charge in [0, 0.05) is 31.7 Å². The van der Waals surface area contributed by atoms with Gasteiger partial charge in [-0.25, -0.2) is 0 Å². The van der Waals surface area contributed by atoms with Gasteiger partial charge >= 0.3 is 0 Å². The standard InChI is InChI=1S/C20H27N5O2/c1-19(2,3)12-25-9-4-7-20(18(25)27)8-10-24(13-20)17(26)14-5-6-15-16(11-14)22-23-21-15/h5-6,11H,4,7-10,12-13H2,1-3H3,(H,21,22,23)/t20-/m1/s1. The van der Waals surface area contributed by atoms with E-state index in [1.54, 1.807) is 18.2 Å². The predicted molar refractivity (Wildman–Crippen MR) is 102 cm³/mol. The lowest BCUT2D eigenvalue weighted by Crippen LogP contribution is -2.52. The molecule has 0 radical (unpaired) electrons. The molecule has 0 unspecified atom stereocenters. The number of rotatable bonds is 2. The quantitative estimate of drug-likeness (QED) is 0.881. The Morgan fingerprint density at radius 2 is 1.96 bits per heavy atom. The molecule has 3 heterocycles. The third-order valence-electron chi connectivity index (χ3n) is 5.69. The summed E-state index contributed by atoms with van der Waals surface area (Å²) in [6.07, 6.45) is 2.64. The van der Waals surface area contributed by atoms with Crippen LogP contribution in [0.2, 0.25) is 0 Å². The van der Waals surface area contributed by atoms with Gasteiger partial charge in [0.05, 0.1) is 5.41 Å². The number of nitrogens with zero attached hydrogens (tertiary/aromatic N) is 4. The number of piperidine rings is 1. The van der Waals surface area contributed by atoms with Gasteiger partial charge in [0.2, 0.25) is 5.91 Å². The summed E-state index contributed by atoms with van der Waals surface area (Å²) >= 11 is 0. The molecule has 144 valence electrons. The molecule has 0 saturated carbocycles. The maximum absolute atomic E-state index is 13.2. The van der Waals surface area contributed by atoms with Crippen LogP contribution in [0.1, 0.15) is 50.4 Å². The number of amides is 2. The number of benzene rings is 1. The number of fused-ring (bicyclic) bond motifs is 1. The van der Waals surface area contributed by atoms with Crippen molar-refractivity contribution in [1.82, 2.24) is 25.2 Å². The zero-order valence-electron chi connectivity index (χ0n) is 16.3. The summed E-state index contributed by atoms with van der Waals surface area (Å²) in [5.74, 6) is 0.198. The first-order chi connectivity index (χ1) is 12.8. The molecule has 1 aromatic carbocycles. The van der Waals surface area contributed by atoms with E-state index in [0.29, 0.717) is 24.2 Å². The number of hydrogen-bond donors (Lipinski definition) is 1. The summed E-state index contributed by atoms with van der Waals surface area (Å²) in [7, 11) is 0. The van der Waals surface area contributed by atoms with E-state index in [9.17, 15) is 9.59 Å². The summed E-state index contributed by atoms with van der Waals surface area (Å²) in [6.45, 7) is 9.22. The van der Waals surface area contributed by atoms with Crippen LogP contribution >= 0.6 is 0 Å². The molecule has 7 heteroatoms. The van der Waals surface area contributed by atoms with Crippen molar-refractivity contribution in [3.63, 3.8) is 0 Å². The molecule has 4 rings (SSSR count). The summed E-state index contributed by atoms with van der Waals surface area (Å²) in [5.41, 5.74) is 1.69. The van der Waals surface area contributed by atoms with Crippen LogP contribution in [0.25, 0.3) is 11.0 Å². The molecule has 7 nitrogen and oxygen atoms in total. The molecule has 2 aromatic rings. The van der Waals surface area contributed by atoms with Crippen LogP contribution in [0.5, 0.6) is 0 Å². The number of carbonyl (C=O) groups is 2. The third-order valence-corrected chi connectivity index (χ3v) is 5.69. The average molecular weight is 369 g/mol. The monoisotopic (exact) mass is 369 g/mol. The number of aromatic nitrogens is 3.